The molecule has 10 aromatic rings. The molecule has 0 saturated heterocycles. The van der Waals surface area contributed by atoms with Gasteiger partial charge in [0.2, 0.25) is 0 Å². The van der Waals surface area contributed by atoms with Gasteiger partial charge in [-0.15, -0.1) is 0 Å². The van der Waals surface area contributed by atoms with Gasteiger partial charge in [0.05, 0.1) is 22.1 Å². The highest BCUT2D eigenvalue weighted by atomic mass is 15.1. The van der Waals surface area contributed by atoms with E-state index in [2.05, 4.69) is 173 Å². The number of fused-ring (bicyclic) bond motifs is 9. The lowest BCUT2D eigenvalue weighted by Crippen LogP contribution is -1.98. The van der Waals surface area contributed by atoms with E-state index in [0.717, 1.165) is 33.8 Å². The Morgan fingerprint density at radius 2 is 1.09 bits per heavy atom. The van der Waals surface area contributed by atoms with Crippen LogP contribution >= 0.6 is 0 Å². The fourth-order valence-corrected chi connectivity index (χ4v) is 7.38. The van der Waals surface area contributed by atoms with Crippen molar-refractivity contribution in [3.8, 4) is 22.8 Å². The van der Waals surface area contributed by atoms with Crippen LogP contribution < -0.4 is 0 Å². The highest BCUT2D eigenvalue weighted by Gasteiger charge is 2.19. The summed E-state index contributed by atoms with van der Waals surface area (Å²) in [6.45, 7) is 0. The molecule has 8 aromatic carbocycles. The Morgan fingerprint density at radius 3 is 1.93 bits per heavy atom. The Morgan fingerprint density at radius 1 is 0.391 bits per heavy atom. The van der Waals surface area contributed by atoms with Crippen LogP contribution in [0.3, 0.4) is 0 Å². The predicted octanol–water partition coefficient (Wildman–Crippen LogP) is 11.2. The predicted molar refractivity (Wildman–Crippen MR) is 193 cm³/mol. The van der Waals surface area contributed by atoms with Crippen molar-refractivity contribution in [1.82, 2.24) is 14.1 Å². The van der Waals surface area contributed by atoms with E-state index in [1.807, 2.05) is 0 Å². The van der Waals surface area contributed by atoms with Crippen LogP contribution in [0.1, 0.15) is 0 Å². The number of hydrogen-bond acceptors (Lipinski definition) is 1. The second kappa shape index (κ2) is 9.65. The molecule has 0 fully saturated rings. The zero-order valence-corrected chi connectivity index (χ0v) is 24.9. The van der Waals surface area contributed by atoms with Crippen molar-refractivity contribution >= 4 is 65.2 Å². The normalized spacial score (nSPS) is 11.9. The lowest BCUT2D eigenvalue weighted by Gasteiger charge is -2.14. The van der Waals surface area contributed by atoms with Crippen molar-refractivity contribution in [1.29, 1.82) is 0 Å². The second-order valence-corrected chi connectivity index (χ2v) is 12.0. The van der Waals surface area contributed by atoms with Crippen molar-refractivity contribution in [3.05, 3.63) is 164 Å². The first-order chi connectivity index (χ1) is 22.8. The van der Waals surface area contributed by atoms with Crippen LogP contribution in [0.2, 0.25) is 0 Å². The maximum Gasteiger partial charge on any atom is 0.145 e. The van der Waals surface area contributed by atoms with Gasteiger partial charge in [-0.1, -0.05) is 115 Å². The standard InChI is InChI=1S/C43H27N3/c1-3-11-29(12-4-1)43-44-38-24-21-28-19-20-32-25-34(22-23-35(32)41(28)42(38)46(43)33-15-5-2-6-16-33)45-39-18-10-9-17-36(39)37-26-30-13-7-8-14-31(30)27-40(37)45/h1-27H. The summed E-state index contributed by atoms with van der Waals surface area (Å²) >= 11 is 0. The van der Waals surface area contributed by atoms with E-state index in [1.165, 1.54) is 54.1 Å². The highest BCUT2D eigenvalue weighted by Crippen LogP contribution is 2.39. The van der Waals surface area contributed by atoms with Gasteiger partial charge in [-0.25, -0.2) is 4.98 Å². The number of imidazole rings is 1. The van der Waals surface area contributed by atoms with Gasteiger partial charge in [0, 0.05) is 33.1 Å². The molecule has 0 unspecified atom stereocenters. The van der Waals surface area contributed by atoms with E-state index in [0.29, 0.717) is 0 Å². The maximum absolute atomic E-state index is 5.23. The van der Waals surface area contributed by atoms with Gasteiger partial charge in [0.15, 0.2) is 0 Å². The number of hydrogen-bond donors (Lipinski definition) is 0. The molecule has 2 heterocycles. The number of nitrogens with zero attached hydrogens (tertiary/aromatic N) is 3. The minimum atomic E-state index is 0.945. The van der Waals surface area contributed by atoms with Crippen molar-refractivity contribution < 1.29 is 0 Å². The molecule has 0 aliphatic heterocycles. The molecule has 10 rings (SSSR count). The van der Waals surface area contributed by atoms with Crippen LogP contribution in [-0.2, 0) is 0 Å². The van der Waals surface area contributed by atoms with Crippen molar-refractivity contribution in [2.75, 3.05) is 0 Å². The monoisotopic (exact) mass is 585 g/mol. The Balaban J connectivity index is 1.28. The molecule has 0 spiro atoms. The van der Waals surface area contributed by atoms with Gasteiger partial charge in [-0.05, 0) is 75.5 Å². The van der Waals surface area contributed by atoms with Crippen LogP contribution in [-0.4, -0.2) is 14.1 Å². The van der Waals surface area contributed by atoms with Crippen LogP contribution in [0.5, 0.6) is 0 Å². The van der Waals surface area contributed by atoms with Crippen molar-refractivity contribution in [3.63, 3.8) is 0 Å². The average molecular weight is 586 g/mol. The molecule has 214 valence electrons. The minimum absolute atomic E-state index is 0.945. The van der Waals surface area contributed by atoms with E-state index in [9.17, 15) is 0 Å². The summed E-state index contributed by atoms with van der Waals surface area (Å²) in [6.07, 6.45) is 0. The topological polar surface area (TPSA) is 22.8 Å². The third-order valence-electron chi connectivity index (χ3n) is 9.44. The van der Waals surface area contributed by atoms with E-state index < -0.39 is 0 Å². The molecular weight excluding hydrogens is 558 g/mol. The van der Waals surface area contributed by atoms with E-state index in [-0.39, 0.29) is 0 Å². The van der Waals surface area contributed by atoms with Crippen molar-refractivity contribution in [2.45, 2.75) is 0 Å². The minimum Gasteiger partial charge on any atom is -0.309 e. The molecule has 46 heavy (non-hydrogen) atoms. The van der Waals surface area contributed by atoms with Gasteiger partial charge in [-0.3, -0.25) is 4.57 Å². The zero-order valence-electron chi connectivity index (χ0n) is 24.9. The molecule has 0 N–H and O–H groups in total. The SMILES string of the molecule is c1ccc(-c2nc3ccc4ccc5cc(-n6c7ccccc7c7cc8ccccc8cc76)ccc5c4c3n2-c2ccccc2)cc1. The van der Waals surface area contributed by atoms with Crippen LogP contribution in [0.15, 0.2) is 164 Å². The summed E-state index contributed by atoms with van der Waals surface area (Å²) in [5, 5.41) is 9.88. The number of aromatic nitrogens is 3. The van der Waals surface area contributed by atoms with Gasteiger partial charge in [0.1, 0.15) is 5.82 Å². The molecule has 3 heteroatoms. The maximum atomic E-state index is 5.23. The van der Waals surface area contributed by atoms with E-state index in [4.69, 9.17) is 4.98 Å². The van der Waals surface area contributed by atoms with Crippen LogP contribution in [0, 0.1) is 0 Å². The number of benzene rings is 8. The largest absolute Gasteiger partial charge is 0.309 e. The summed E-state index contributed by atoms with van der Waals surface area (Å²) < 4.78 is 4.75. The molecule has 0 amide bonds. The molecule has 0 saturated carbocycles. The first kappa shape index (κ1) is 25.2. The second-order valence-electron chi connectivity index (χ2n) is 12.0. The van der Waals surface area contributed by atoms with Gasteiger partial charge in [-0.2, -0.15) is 0 Å². The third-order valence-corrected chi connectivity index (χ3v) is 9.44. The summed E-state index contributed by atoms with van der Waals surface area (Å²) in [6, 6.07) is 59.0. The molecule has 2 aromatic heterocycles. The fraction of sp³-hybridized carbons (Fsp3) is 0. The Labute approximate surface area is 265 Å². The molecule has 0 radical (unpaired) electrons. The first-order valence-electron chi connectivity index (χ1n) is 15.7. The first-order valence-corrected chi connectivity index (χ1v) is 15.7. The van der Waals surface area contributed by atoms with Crippen molar-refractivity contribution in [2.24, 2.45) is 0 Å². The van der Waals surface area contributed by atoms with E-state index >= 15 is 0 Å². The van der Waals surface area contributed by atoms with Gasteiger partial charge in [0.25, 0.3) is 0 Å². The molecule has 0 atom stereocenters. The van der Waals surface area contributed by atoms with Gasteiger partial charge < -0.3 is 4.57 Å². The lowest BCUT2D eigenvalue weighted by atomic mass is 10.00. The molecule has 0 aliphatic carbocycles. The Kier molecular flexibility index (Phi) is 5.28. The third kappa shape index (κ3) is 3.63. The Bertz CT molecular complexity index is 2790. The smallest absolute Gasteiger partial charge is 0.145 e. The molecular formula is C43H27N3. The Hall–Kier alpha value is -6.19. The van der Waals surface area contributed by atoms with E-state index in [1.54, 1.807) is 0 Å². The number of para-hydroxylation sites is 2. The molecule has 0 bridgehead atoms. The summed E-state index contributed by atoms with van der Waals surface area (Å²) in [4.78, 5) is 5.23. The van der Waals surface area contributed by atoms with Crippen LogP contribution in [0.4, 0.5) is 0 Å². The van der Waals surface area contributed by atoms with Gasteiger partial charge >= 0.3 is 0 Å². The average Bonchev–Trinajstić information content (AvgIpc) is 3.67. The quantitative estimate of drug-likeness (QED) is 0.189. The summed E-state index contributed by atoms with van der Waals surface area (Å²) in [5.74, 6) is 0.945. The lowest BCUT2D eigenvalue weighted by molar-refractivity contribution is 1.11. The highest BCUT2D eigenvalue weighted by molar-refractivity contribution is 6.20. The fourth-order valence-electron chi connectivity index (χ4n) is 7.38. The molecule has 3 nitrogen and oxygen atoms in total. The number of rotatable bonds is 3. The zero-order chi connectivity index (χ0) is 30.2. The summed E-state index contributed by atoms with van der Waals surface area (Å²) in [7, 11) is 0. The van der Waals surface area contributed by atoms with Crippen LogP contribution in [0.25, 0.3) is 87.9 Å². The summed E-state index contributed by atoms with van der Waals surface area (Å²) in [5.41, 5.74) is 7.90. The molecule has 0 aliphatic rings.